The maximum atomic E-state index is 5.40. The number of likely N-dealkylation sites (tertiary alicyclic amines) is 1. The highest BCUT2D eigenvalue weighted by Crippen LogP contribution is 2.17. The van der Waals surface area contributed by atoms with Crippen molar-refractivity contribution < 1.29 is 4.74 Å². The summed E-state index contributed by atoms with van der Waals surface area (Å²) in [6, 6.07) is 0.617. The molecule has 18 heavy (non-hydrogen) atoms. The number of ether oxygens (including phenoxy) is 1. The number of hydrogen-bond acceptors (Lipinski definition) is 4. The van der Waals surface area contributed by atoms with Crippen LogP contribution in [-0.2, 0) is 4.74 Å². The first-order valence-electron chi connectivity index (χ1n) is 7.30. The van der Waals surface area contributed by atoms with Gasteiger partial charge in [0.2, 0.25) is 0 Å². The second-order valence-corrected chi connectivity index (χ2v) is 6.17. The Bertz CT molecular complexity index is 237. The lowest BCUT2D eigenvalue weighted by Crippen LogP contribution is -2.40. The lowest BCUT2D eigenvalue weighted by atomic mass is 9.96. The molecule has 1 N–H and O–H groups in total. The van der Waals surface area contributed by atoms with Gasteiger partial charge in [0, 0.05) is 32.8 Å². The molecule has 0 aromatic carbocycles. The third-order valence-corrected chi connectivity index (χ3v) is 4.46. The third kappa shape index (κ3) is 4.19. The van der Waals surface area contributed by atoms with Crippen molar-refractivity contribution in [3.63, 3.8) is 0 Å². The molecular weight excluding hydrogens is 226 g/mol. The van der Waals surface area contributed by atoms with Gasteiger partial charge in [0.05, 0.1) is 6.10 Å². The molecule has 2 saturated heterocycles. The van der Waals surface area contributed by atoms with Crippen LogP contribution in [0.1, 0.15) is 19.3 Å². The minimum absolute atomic E-state index is 0.423. The van der Waals surface area contributed by atoms with Crippen LogP contribution in [-0.4, -0.2) is 75.9 Å². The van der Waals surface area contributed by atoms with E-state index in [0.717, 1.165) is 25.4 Å². The van der Waals surface area contributed by atoms with Crippen LogP contribution in [0.15, 0.2) is 0 Å². The average molecular weight is 255 g/mol. The van der Waals surface area contributed by atoms with Crippen LogP contribution < -0.4 is 5.32 Å². The van der Waals surface area contributed by atoms with Crippen molar-refractivity contribution >= 4 is 0 Å². The van der Waals surface area contributed by atoms with Crippen LogP contribution in [0.4, 0.5) is 0 Å². The van der Waals surface area contributed by atoms with Gasteiger partial charge in [-0.25, -0.2) is 0 Å². The topological polar surface area (TPSA) is 27.7 Å². The highest BCUT2D eigenvalue weighted by Gasteiger charge is 2.25. The van der Waals surface area contributed by atoms with Gasteiger partial charge in [-0.3, -0.25) is 0 Å². The van der Waals surface area contributed by atoms with E-state index in [4.69, 9.17) is 4.74 Å². The molecule has 0 radical (unpaired) electrons. The summed E-state index contributed by atoms with van der Waals surface area (Å²) in [5.41, 5.74) is 0. The van der Waals surface area contributed by atoms with Gasteiger partial charge >= 0.3 is 0 Å². The van der Waals surface area contributed by atoms with Gasteiger partial charge < -0.3 is 19.9 Å². The number of likely N-dealkylation sites (N-methyl/N-ethyl adjacent to an activating group) is 1. The lowest BCUT2D eigenvalue weighted by Gasteiger charge is -2.32. The highest BCUT2D eigenvalue weighted by atomic mass is 16.5. The van der Waals surface area contributed by atoms with E-state index in [-0.39, 0.29) is 0 Å². The standard InChI is InChI=1S/C14H29N3O/c1-16-6-4-12(5-7-16)10-17(2)11-13-8-14(18-3)9-15-13/h12-15H,4-11H2,1-3H3. The first kappa shape index (κ1) is 14.3. The van der Waals surface area contributed by atoms with Crippen LogP contribution in [0.25, 0.3) is 0 Å². The summed E-state index contributed by atoms with van der Waals surface area (Å²) >= 11 is 0. The van der Waals surface area contributed by atoms with Crippen molar-refractivity contribution in [2.45, 2.75) is 31.4 Å². The molecule has 2 aliphatic rings. The average Bonchev–Trinajstić information content (AvgIpc) is 2.79. The molecule has 2 heterocycles. The van der Waals surface area contributed by atoms with Crippen molar-refractivity contribution in [3.8, 4) is 0 Å². The second kappa shape index (κ2) is 6.85. The van der Waals surface area contributed by atoms with Crippen LogP contribution >= 0.6 is 0 Å². The molecule has 0 bridgehead atoms. The predicted octanol–water partition coefficient (Wildman–Crippen LogP) is 0.637. The molecule has 2 rings (SSSR count). The van der Waals surface area contributed by atoms with Gasteiger partial charge in [0.25, 0.3) is 0 Å². The zero-order valence-electron chi connectivity index (χ0n) is 12.2. The van der Waals surface area contributed by atoms with Gasteiger partial charge in [-0.1, -0.05) is 0 Å². The van der Waals surface area contributed by atoms with Crippen molar-refractivity contribution in [1.29, 1.82) is 0 Å². The monoisotopic (exact) mass is 255 g/mol. The van der Waals surface area contributed by atoms with Crippen molar-refractivity contribution in [2.24, 2.45) is 5.92 Å². The van der Waals surface area contributed by atoms with Crippen LogP contribution in [0, 0.1) is 5.92 Å². The molecule has 0 aromatic heterocycles. The van der Waals surface area contributed by atoms with E-state index in [1.165, 1.54) is 32.5 Å². The van der Waals surface area contributed by atoms with Gasteiger partial charge in [-0.15, -0.1) is 0 Å². The van der Waals surface area contributed by atoms with Gasteiger partial charge in [0.15, 0.2) is 0 Å². The normalized spacial score (nSPS) is 31.3. The highest BCUT2D eigenvalue weighted by molar-refractivity contribution is 4.84. The van der Waals surface area contributed by atoms with Gasteiger partial charge in [0.1, 0.15) is 0 Å². The summed E-state index contributed by atoms with van der Waals surface area (Å²) in [4.78, 5) is 4.95. The second-order valence-electron chi connectivity index (χ2n) is 6.17. The molecule has 4 nitrogen and oxygen atoms in total. The fourth-order valence-corrected chi connectivity index (χ4v) is 3.24. The third-order valence-electron chi connectivity index (χ3n) is 4.46. The van der Waals surface area contributed by atoms with Crippen LogP contribution in [0.5, 0.6) is 0 Å². The van der Waals surface area contributed by atoms with E-state index < -0.39 is 0 Å². The zero-order valence-corrected chi connectivity index (χ0v) is 12.2. The van der Waals surface area contributed by atoms with Crippen molar-refractivity contribution in [1.82, 2.24) is 15.1 Å². The number of nitrogens with one attached hydrogen (secondary N) is 1. The molecule has 0 spiro atoms. The predicted molar refractivity (Wildman–Crippen MR) is 74.9 cm³/mol. The smallest absolute Gasteiger partial charge is 0.0711 e. The lowest BCUT2D eigenvalue weighted by molar-refractivity contribution is 0.115. The number of hydrogen-bond donors (Lipinski definition) is 1. The first-order valence-corrected chi connectivity index (χ1v) is 7.30. The van der Waals surface area contributed by atoms with Crippen molar-refractivity contribution in [3.05, 3.63) is 0 Å². The minimum Gasteiger partial charge on any atom is -0.380 e. The summed E-state index contributed by atoms with van der Waals surface area (Å²) in [6.45, 7) is 5.97. The number of nitrogens with zero attached hydrogens (tertiary/aromatic N) is 2. The maximum Gasteiger partial charge on any atom is 0.0711 e. The van der Waals surface area contributed by atoms with Gasteiger partial charge in [-0.2, -0.15) is 0 Å². The largest absolute Gasteiger partial charge is 0.380 e. The minimum atomic E-state index is 0.423. The number of rotatable bonds is 5. The van der Waals surface area contributed by atoms with Gasteiger partial charge in [-0.05, 0) is 52.4 Å². The Balaban J connectivity index is 1.64. The van der Waals surface area contributed by atoms with Crippen molar-refractivity contribution in [2.75, 3.05) is 53.9 Å². The molecule has 2 aliphatic heterocycles. The number of methoxy groups -OCH3 is 1. The molecule has 106 valence electrons. The molecule has 0 aromatic rings. The Morgan fingerprint density at radius 3 is 2.61 bits per heavy atom. The Hall–Kier alpha value is -0.160. The molecule has 2 fully saturated rings. The quantitative estimate of drug-likeness (QED) is 0.780. The van der Waals surface area contributed by atoms with E-state index in [0.29, 0.717) is 12.1 Å². The summed E-state index contributed by atoms with van der Waals surface area (Å²) in [7, 11) is 6.31. The summed E-state index contributed by atoms with van der Waals surface area (Å²) in [5.74, 6) is 0.894. The molecular formula is C14H29N3O. The van der Waals surface area contributed by atoms with E-state index in [1.807, 2.05) is 7.11 Å². The summed E-state index contributed by atoms with van der Waals surface area (Å²) < 4.78 is 5.40. The summed E-state index contributed by atoms with van der Waals surface area (Å²) in [5, 5.41) is 3.56. The molecule has 0 saturated carbocycles. The van der Waals surface area contributed by atoms with E-state index in [9.17, 15) is 0 Å². The van der Waals surface area contributed by atoms with E-state index in [2.05, 4.69) is 29.2 Å². The first-order chi connectivity index (χ1) is 8.67. The Kier molecular flexibility index (Phi) is 5.42. The molecule has 0 aliphatic carbocycles. The van der Waals surface area contributed by atoms with E-state index >= 15 is 0 Å². The Labute approximate surface area is 112 Å². The fraction of sp³-hybridized carbons (Fsp3) is 1.00. The molecule has 2 unspecified atom stereocenters. The molecule has 4 heteroatoms. The number of piperidine rings is 1. The molecule has 0 amide bonds. The Morgan fingerprint density at radius 2 is 2.00 bits per heavy atom. The SMILES string of the molecule is COC1CNC(CN(C)CC2CCN(C)CC2)C1. The summed E-state index contributed by atoms with van der Waals surface area (Å²) in [6.07, 6.45) is 4.31. The maximum absolute atomic E-state index is 5.40. The Morgan fingerprint density at radius 1 is 1.28 bits per heavy atom. The molecule has 2 atom stereocenters. The van der Waals surface area contributed by atoms with Crippen LogP contribution in [0.3, 0.4) is 0 Å². The zero-order chi connectivity index (χ0) is 13.0. The fourth-order valence-electron chi connectivity index (χ4n) is 3.24. The van der Waals surface area contributed by atoms with Crippen LogP contribution in [0.2, 0.25) is 0 Å². The van der Waals surface area contributed by atoms with E-state index in [1.54, 1.807) is 0 Å².